The van der Waals surface area contributed by atoms with E-state index < -0.39 is 11.5 Å². The number of carbonyl (C=O) groups is 2. The van der Waals surface area contributed by atoms with Crippen LogP contribution in [0.5, 0.6) is 0 Å². The van der Waals surface area contributed by atoms with E-state index in [-0.39, 0.29) is 11.7 Å². The molecular weight excluding hydrogens is 270 g/mol. The summed E-state index contributed by atoms with van der Waals surface area (Å²) in [5.41, 5.74) is -0.162. The third-order valence-electron chi connectivity index (χ3n) is 4.58. The molecule has 1 saturated carbocycles. The summed E-state index contributed by atoms with van der Waals surface area (Å²) >= 11 is 0. The fourth-order valence-corrected chi connectivity index (χ4v) is 3.17. The Bertz CT molecular complexity index is 540. The van der Waals surface area contributed by atoms with Crippen molar-refractivity contribution in [2.24, 2.45) is 0 Å². The Morgan fingerprint density at radius 1 is 1.33 bits per heavy atom. The van der Waals surface area contributed by atoms with Crippen LogP contribution in [0.3, 0.4) is 0 Å². The molecule has 116 valence electrons. The summed E-state index contributed by atoms with van der Waals surface area (Å²) in [6.45, 7) is 3.86. The lowest BCUT2D eigenvalue weighted by atomic mass is 9.80. The molecule has 5 heteroatoms. The minimum absolute atomic E-state index is 0.234. The molecule has 0 atom stereocenters. The van der Waals surface area contributed by atoms with Crippen molar-refractivity contribution in [3.05, 3.63) is 23.2 Å². The van der Waals surface area contributed by atoms with E-state index in [2.05, 4.69) is 0 Å². The molecule has 0 unspecified atom stereocenters. The number of hydrogen-bond donors (Lipinski definition) is 1. The van der Waals surface area contributed by atoms with Gasteiger partial charge in [-0.25, -0.2) is 4.79 Å². The number of hydrogen-bond acceptors (Lipinski definition) is 3. The summed E-state index contributed by atoms with van der Waals surface area (Å²) in [6, 6.07) is 1.70. The van der Waals surface area contributed by atoms with Gasteiger partial charge in [0.15, 0.2) is 5.76 Å². The summed E-state index contributed by atoms with van der Waals surface area (Å²) in [6.07, 6.45) is 4.42. The Balaban J connectivity index is 2.29. The first-order chi connectivity index (χ1) is 9.92. The summed E-state index contributed by atoms with van der Waals surface area (Å²) in [5, 5.41) is 9.64. The number of aliphatic carboxylic acids is 1. The average molecular weight is 293 g/mol. The molecule has 21 heavy (non-hydrogen) atoms. The third-order valence-corrected chi connectivity index (χ3v) is 4.58. The van der Waals surface area contributed by atoms with E-state index in [1.54, 1.807) is 13.1 Å². The van der Waals surface area contributed by atoms with E-state index in [9.17, 15) is 14.7 Å². The van der Waals surface area contributed by atoms with Crippen molar-refractivity contribution in [1.29, 1.82) is 0 Å². The van der Waals surface area contributed by atoms with Gasteiger partial charge in [0.05, 0.1) is 0 Å². The largest absolute Gasteiger partial charge is 0.479 e. The second-order valence-electron chi connectivity index (χ2n) is 5.83. The highest BCUT2D eigenvalue weighted by molar-refractivity contribution is 5.96. The molecule has 5 nitrogen and oxygen atoms in total. The molecule has 1 aromatic heterocycles. The van der Waals surface area contributed by atoms with Crippen LogP contribution in [0.15, 0.2) is 10.5 Å². The minimum Gasteiger partial charge on any atom is -0.479 e. The minimum atomic E-state index is -1.09. The molecule has 1 heterocycles. The van der Waals surface area contributed by atoms with Gasteiger partial charge in [-0.1, -0.05) is 26.2 Å². The normalized spacial score (nSPS) is 17.5. The van der Waals surface area contributed by atoms with Gasteiger partial charge in [-0.05, 0) is 31.4 Å². The predicted molar refractivity (Wildman–Crippen MR) is 78.4 cm³/mol. The Labute approximate surface area is 124 Å². The summed E-state index contributed by atoms with van der Waals surface area (Å²) in [7, 11) is 1.57. The second-order valence-corrected chi connectivity index (χ2v) is 5.83. The number of aryl methyl sites for hydroxylation is 2. The Morgan fingerprint density at radius 2 is 1.95 bits per heavy atom. The maximum Gasteiger partial charge on any atom is 0.329 e. The number of amides is 1. The molecule has 1 aliphatic carbocycles. The van der Waals surface area contributed by atoms with E-state index in [1.165, 1.54) is 4.90 Å². The van der Waals surface area contributed by atoms with E-state index >= 15 is 0 Å². The lowest BCUT2D eigenvalue weighted by molar-refractivity contribution is -0.151. The van der Waals surface area contributed by atoms with Gasteiger partial charge in [-0.2, -0.15) is 0 Å². The molecule has 1 N–H and O–H groups in total. The van der Waals surface area contributed by atoms with Crippen LogP contribution in [0.2, 0.25) is 0 Å². The van der Waals surface area contributed by atoms with Crippen molar-refractivity contribution in [3.63, 3.8) is 0 Å². The number of nitrogens with zero attached hydrogens (tertiary/aromatic N) is 1. The number of carboxylic acids is 1. The zero-order chi connectivity index (χ0) is 15.6. The number of carbonyl (C=O) groups excluding carboxylic acids is 1. The van der Waals surface area contributed by atoms with Gasteiger partial charge in [0.2, 0.25) is 0 Å². The monoisotopic (exact) mass is 293 g/mol. The fraction of sp³-hybridized carbons (Fsp3) is 0.625. The standard InChI is InChI=1S/C16H23NO4/c1-4-12-11(2)10-13(21-12)14(18)17(3)16(15(19)20)8-6-5-7-9-16/h10H,4-9H2,1-3H3,(H,19,20). The molecule has 0 aromatic carbocycles. The predicted octanol–water partition coefficient (Wildman–Crippen LogP) is 3.01. The Morgan fingerprint density at radius 3 is 2.43 bits per heavy atom. The molecule has 0 spiro atoms. The molecule has 0 saturated heterocycles. The highest BCUT2D eigenvalue weighted by atomic mass is 16.4. The van der Waals surface area contributed by atoms with Crippen LogP contribution >= 0.6 is 0 Å². The van der Waals surface area contributed by atoms with Gasteiger partial charge >= 0.3 is 5.97 Å². The molecule has 1 amide bonds. The van der Waals surface area contributed by atoms with Gasteiger partial charge in [0, 0.05) is 13.5 Å². The van der Waals surface area contributed by atoms with Crippen LogP contribution in [0, 0.1) is 6.92 Å². The van der Waals surface area contributed by atoms with Crippen molar-refractivity contribution >= 4 is 11.9 Å². The van der Waals surface area contributed by atoms with Gasteiger partial charge in [0.25, 0.3) is 5.91 Å². The molecule has 0 bridgehead atoms. The maximum atomic E-state index is 12.6. The quantitative estimate of drug-likeness (QED) is 0.926. The van der Waals surface area contributed by atoms with Crippen molar-refractivity contribution in [2.45, 2.75) is 57.9 Å². The molecule has 1 aromatic rings. The number of carboxylic acid groups (broad SMARTS) is 1. The summed E-state index contributed by atoms with van der Waals surface area (Å²) < 4.78 is 5.58. The van der Waals surface area contributed by atoms with Crippen LogP contribution in [-0.2, 0) is 11.2 Å². The molecule has 0 radical (unpaired) electrons. The average Bonchev–Trinajstić information content (AvgIpc) is 2.87. The lowest BCUT2D eigenvalue weighted by Crippen LogP contribution is -2.56. The van der Waals surface area contributed by atoms with Gasteiger partial charge < -0.3 is 14.4 Å². The van der Waals surface area contributed by atoms with E-state index in [0.29, 0.717) is 19.3 Å². The first-order valence-corrected chi connectivity index (χ1v) is 7.53. The van der Waals surface area contributed by atoms with E-state index in [1.807, 2.05) is 13.8 Å². The Hall–Kier alpha value is -1.78. The van der Waals surface area contributed by atoms with Crippen molar-refractivity contribution in [1.82, 2.24) is 4.90 Å². The van der Waals surface area contributed by atoms with E-state index in [4.69, 9.17) is 4.42 Å². The van der Waals surface area contributed by atoms with Crippen molar-refractivity contribution in [3.8, 4) is 0 Å². The molecular formula is C16H23NO4. The van der Waals surface area contributed by atoms with Crippen molar-refractivity contribution in [2.75, 3.05) is 7.05 Å². The summed E-state index contributed by atoms with van der Waals surface area (Å²) in [4.78, 5) is 25.7. The van der Waals surface area contributed by atoms with Gasteiger partial charge in [0.1, 0.15) is 11.3 Å². The van der Waals surface area contributed by atoms with Crippen LogP contribution in [0.4, 0.5) is 0 Å². The zero-order valence-corrected chi connectivity index (χ0v) is 12.9. The number of likely N-dealkylation sites (N-methyl/N-ethyl adjacent to an activating group) is 1. The fourth-order valence-electron chi connectivity index (χ4n) is 3.17. The smallest absolute Gasteiger partial charge is 0.329 e. The first kappa shape index (κ1) is 15.6. The SMILES string of the molecule is CCc1oc(C(=O)N(C)C2(C(=O)O)CCCCC2)cc1C. The second kappa shape index (κ2) is 5.92. The zero-order valence-electron chi connectivity index (χ0n) is 12.9. The molecule has 2 rings (SSSR count). The number of furan rings is 1. The Kier molecular flexibility index (Phi) is 4.40. The highest BCUT2D eigenvalue weighted by Crippen LogP contribution is 2.34. The third kappa shape index (κ3) is 2.69. The maximum absolute atomic E-state index is 12.6. The highest BCUT2D eigenvalue weighted by Gasteiger charge is 2.46. The molecule has 0 aliphatic heterocycles. The van der Waals surface area contributed by atoms with Crippen LogP contribution < -0.4 is 0 Å². The summed E-state index contributed by atoms with van der Waals surface area (Å²) in [5.74, 6) is -0.253. The molecule has 1 fully saturated rings. The van der Waals surface area contributed by atoms with Crippen LogP contribution in [-0.4, -0.2) is 34.5 Å². The van der Waals surface area contributed by atoms with Gasteiger partial charge in [-0.3, -0.25) is 4.79 Å². The van der Waals surface area contributed by atoms with Crippen molar-refractivity contribution < 1.29 is 19.1 Å². The number of rotatable bonds is 4. The topological polar surface area (TPSA) is 70.8 Å². The van der Waals surface area contributed by atoms with Gasteiger partial charge in [-0.15, -0.1) is 0 Å². The molecule has 1 aliphatic rings. The lowest BCUT2D eigenvalue weighted by Gasteiger charge is -2.40. The first-order valence-electron chi connectivity index (χ1n) is 7.53. The van der Waals surface area contributed by atoms with Crippen LogP contribution in [0.1, 0.15) is 60.9 Å². The van der Waals surface area contributed by atoms with E-state index in [0.717, 1.165) is 30.6 Å². The van der Waals surface area contributed by atoms with Crippen LogP contribution in [0.25, 0.3) is 0 Å².